The van der Waals surface area contributed by atoms with Gasteiger partial charge >= 0.3 is 0 Å². The molecule has 8 heteroatoms. The molecule has 2 amide bonds. The molecule has 8 nitrogen and oxygen atoms in total. The van der Waals surface area contributed by atoms with Crippen molar-refractivity contribution in [3.05, 3.63) is 41.9 Å². The first-order chi connectivity index (χ1) is 12.5. The second kappa shape index (κ2) is 7.49. The van der Waals surface area contributed by atoms with Gasteiger partial charge in [0.25, 0.3) is 5.91 Å². The molecule has 1 saturated heterocycles. The number of methoxy groups -OCH3 is 2. The Bertz CT molecular complexity index is 795. The van der Waals surface area contributed by atoms with E-state index in [2.05, 4.69) is 5.32 Å². The number of rotatable bonds is 6. The molecule has 0 radical (unpaired) electrons. The van der Waals surface area contributed by atoms with Gasteiger partial charge in [-0.2, -0.15) is 0 Å². The van der Waals surface area contributed by atoms with Crippen LogP contribution in [-0.4, -0.2) is 38.6 Å². The number of carbonyl (C=O) groups excluding carboxylic acids is 2. The van der Waals surface area contributed by atoms with Gasteiger partial charge in [-0.05, 0) is 12.5 Å². The summed E-state index contributed by atoms with van der Waals surface area (Å²) in [5, 5.41) is 2.75. The van der Waals surface area contributed by atoms with Gasteiger partial charge in [-0.1, -0.05) is 0 Å². The van der Waals surface area contributed by atoms with E-state index in [-0.39, 0.29) is 18.4 Å². The zero-order valence-corrected chi connectivity index (χ0v) is 14.7. The smallest absolute Gasteiger partial charge is 0.255 e. The lowest BCUT2D eigenvalue weighted by Crippen LogP contribution is -2.41. The van der Waals surface area contributed by atoms with E-state index in [1.54, 1.807) is 43.4 Å². The fraction of sp³-hybridized carbons (Fsp3) is 0.333. The van der Waals surface area contributed by atoms with Gasteiger partial charge < -0.3 is 29.8 Å². The minimum absolute atomic E-state index is 0.184. The van der Waals surface area contributed by atoms with E-state index in [1.807, 2.05) is 0 Å². The van der Waals surface area contributed by atoms with Crippen LogP contribution in [0.5, 0.6) is 11.5 Å². The Morgan fingerprint density at radius 1 is 1.27 bits per heavy atom. The van der Waals surface area contributed by atoms with E-state index in [9.17, 15) is 9.59 Å². The number of benzene rings is 1. The molecular weight excluding hydrogens is 338 g/mol. The van der Waals surface area contributed by atoms with Crippen LogP contribution in [0.25, 0.3) is 0 Å². The highest BCUT2D eigenvalue weighted by molar-refractivity contribution is 6.04. The highest BCUT2D eigenvalue weighted by atomic mass is 16.5. The van der Waals surface area contributed by atoms with Gasteiger partial charge in [0.05, 0.1) is 32.0 Å². The SMILES string of the molecule is COc1cc(OC)cc(N2CCC(NC(=O)c3coc(CN)c3)C2=O)c1. The Morgan fingerprint density at radius 3 is 2.54 bits per heavy atom. The van der Waals surface area contributed by atoms with Crippen molar-refractivity contribution < 1.29 is 23.5 Å². The highest BCUT2D eigenvalue weighted by Gasteiger charge is 2.34. The summed E-state index contributed by atoms with van der Waals surface area (Å²) < 4.78 is 15.7. The van der Waals surface area contributed by atoms with E-state index in [0.29, 0.717) is 41.5 Å². The van der Waals surface area contributed by atoms with Gasteiger partial charge in [0, 0.05) is 24.7 Å². The predicted octanol–water partition coefficient (Wildman–Crippen LogP) is 1.29. The van der Waals surface area contributed by atoms with Crippen LogP contribution in [0.3, 0.4) is 0 Å². The monoisotopic (exact) mass is 359 g/mol. The number of nitrogens with one attached hydrogen (secondary N) is 1. The zero-order chi connectivity index (χ0) is 18.7. The Kier molecular flexibility index (Phi) is 5.13. The summed E-state index contributed by atoms with van der Waals surface area (Å²) in [6, 6.07) is 6.22. The lowest BCUT2D eigenvalue weighted by Gasteiger charge is -2.19. The first-order valence-corrected chi connectivity index (χ1v) is 8.18. The summed E-state index contributed by atoms with van der Waals surface area (Å²) in [6.45, 7) is 0.695. The summed E-state index contributed by atoms with van der Waals surface area (Å²) in [6.07, 6.45) is 1.84. The van der Waals surface area contributed by atoms with Crippen molar-refractivity contribution in [2.24, 2.45) is 5.73 Å². The number of amides is 2. The Labute approximate surface area is 150 Å². The molecule has 1 aliphatic rings. The van der Waals surface area contributed by atoms with Crippen LogP contribution in [0.4, 0.5) is 5.69 Å². The summed E-state index contributed by atoms with van der Waals surface area (Å²) >= 11 is 0. The Morgan fingerprint density at radius 2 is 1.96 bits per heavy atom. The van der Waals surface area contributed by atoms with Crippen LogP contribution in [-0.2, 0) is 11.3 Å². The lowest BCUT2D eigenvalue weighted by molar-refractivity contribution is -0.118. The summed E-state index contributed by atoms with van der Waals surface area (Å²) in [5.74, 6) is 1.14. The molecule has 1 unspecified atom stereocenters. The predicted molar refractivity (Wildman–Crippen MR) is 94.4 cm³/mol. The number of anilines is 1. The molecule has 2 aromatic rings. The van der Waals surface area contributed by atoms with Crippen molar-refractivity contribution in [1.82, 2.24) is 5.32 Å². The molecule has 0 saturated carbocycles. The van der Waals surface area contributed by atoms with Crippen LogP contribution < -0.4 is 25.4 Å². The average molecular weight is 359 g/mol. The minimum atomic E-state index is -0.601. The lowest BCUT2D eigenvalue weighted by atomic mass is 10.2. The van der Waals surface area contributed by atoms with Gasteiger partial charge in [-0.3, -0.25) is 9.59 Å². The van der Waals surface area contributed by atoms with Gasteiger partial charge in [0.2, 0.25) is 5.91 Å². The van der Waals surface area contributed by atoms with Gasteiger partial charge in [0.1, 0.15) is 29.6 Å². The number of hydrogen-bond acceptors (Lipinski definition) is 6. The minimum Gasteiger partial charge on any atom is -0.497 e. The molecule has 1 fully saturated rings. The quantitative estimate of drug-likeness (QED) is 0.805. The van der Waals surface area contributed by atoms with Crippen LogP contribution >= 0.6 is 0 Å². The maximum atomic E-state index is 12.7. The standard InChI is InChI=1S/C18H21N3O5/c1-24-13-6-12(7-14(8-13)25-2)21-4-3-16(18(21)23)20-17(22)11-5-15(9-19)26-10-11/h5-8,10,16H,3-4,9,19H2,1-2H3,(H,20,22). The zero-order valence-electron chi connectivity index (χ0n) is 14.7. The molecule has 1 aliphatic heterocycles. The first kappa shape index (κ1) is 17.8. The van der Waals surface area contributed by atoms with E-state index in [0.717, 1.165) is 0 Å². The molecule has 3 N–H and O–H groups in total. The van der Waals surface area contributed by atoms with Crippen molar-refractivity contribution in [2.75, 3.05) is 25.7 Å². The molecule has 138 valence electrons. The second-order valence-corrected chi connectivity index (χ2v) is 5.88. The maximum absolute atomic E-state index is 12.7. The summed E-state index contributed by atoms with van der Waals surface area (Å²) in [7, 11) is 3.10. The topological polar surface area (TPSA) is 107 Å². The van der Waals surface area contributed by atoms with Crippen molar-refractivity contribution in [3.8, 4) is 11.5 Å². The maximum Gasteiger partial charge on any atom is 0.255 e. The number of nitrogens with zero attached hydrogens (tertiary/aromatic N) is 1. The molecular formula is C18H21N3O5. The van der Waals surface area contributed by atoms with Crippen LogP contribution in [0.1, 0.15) is 22.5 Å². The fourth-order valence-electron chi connectivity index (χ4n) is 2.87. The molecule has 2 heterocycles. The normalized spacial score (nSPS) is 16.7. The number of hydrogen-bond donors (Lipinski definition) is 2. The number of furan rings is 1. The van der Waals surface area contributed by atoms with Crippen molar-refractivity contribution in [3.63, 3.8) is 0 Å². The molecule has 0 spiro atoms. The van der Waals surface area contributed by atoms with Crippen molar-refractivity contribution in [2.45, 2.75) is 19.0 Å². The third kappa shape index (κ3) is 3.50. The van der Waals surface area contributed by atoms with Crippen LogP contribution in [0, 0.1) is 0 Å². The fourth-order valence-corrected chi connectivity index (χ4v) is 2.87. The molecule has 1 aromatic heterocycles. The Hall–Kier alpha value is -3.00. The van der Waals surface area contributed by atoms with Crippen molar-refractivity contribution >= 4 is 17.5 Å². The van der Waals surface area contributed by atoms with E-state index in [1.165, 1.54) is 6.26 Å². The van der Waals surface area contributed by atoms with E-state index < -0.39 is 6.04 Å². The van der Waals surface area contributed by atoms with Gasteiger partial charge in [0.15, 0.2) is 0 Å². The van der Waals surface area contributed by atoms with Gasteiger partial charge in [-0.25, -0.2) is 0 Å². The first-order valence-electron chi connectivity index (χ1n) is 8.18. The highest BCUT2D eigenvalue weighted by Crippen LogP contribution is 2.31. The van der Waals surface area contributed by atoms with Gasteiger partial charge in [-0.15, -0.1) is 0 Å². The average Bonchev–Trinajstić information content (AvgIpc) is 3.28. The molecule has 3 rings (SSSR count). The van der Waals surface area contributed by atoms with Crippen LogP contribution in [0.15, 0.2) is 34.9 Å². The summed E-state index contributed by atoms with van der Waals surface area (Å²) in [4.78, 5) is 26.6. The number of ether oxygens (including phenoxy) is 2. The molecule has 0 aliphatic carbocycles. The molecule has 0 bridgehead atoms. The Balaban J connectivity index is 1.72. The third-order valence-corrected chi connectivity index (χ3v) is 4.28. The number of nitrogens with two attached hydrogens (primary N) is 1. The van der Waals surface area contributed by atoms with Crippen LogP contribution in [0.2, 0.25) is 0 Å². The summed E-state index contributed by atoms with van der Waals surface area (Å²) in [5.41, 5.74) is 6.48. The second-order valence-electron chi connectivity index (χ2n) is 5.88. The van der Waals surface area contributed by atoms with E-state index in [4.69, 9.17) is 19.6 Å². The number of carbonyl (C=O) groups is 2. The molecule has 1 atom stereocenters. The van der Waals surface area contributed by atoms with E-state index >= 15 is 0 Å². The largest absolute Gasteiger partial charge is 0.497 e. The molecule has 26 heavy (non-hydrogen) atoms. The van der Waals surface area contributed by atoms with Crippen molar-refractivity contribution in [1.29, 1.82) is 0 Å². The molecule has 1 aromatic carbocycles. The third-order valence-electron chi connectivity index (χ3n) is 4.28.